The van der Waals surface area contributed by atoms with Crippen molar-refractivity contribution in [2.24, 2.45) is 0 Å². The van der Waals surface area contributed by atoms with Crippen LogP contribution in [0, 0.1) is 0 Å². The molecule has 2 aromatic rings. The predicted molar refractivity (Wildman–Crippen MR) is 78.9 cm³/mol. The smallest absolute Gasteiger partial charge is 0.139 e. The molecule has 4 heteroatoms. The van der Waals surface area contributed by atoms with Crippen molar-refractivity contribution in [3.05, 3.63) is 35.0 Å². The number of hydrogen-bond donors (Lipinski definition) is 1. The number of halogens is 1. The van der Waals surface area contributed by atoms with Gasteiger partial charge in [0.2, 0.25) is 0 Å². The van der Waals surface area contributed by atoms with Crippen LogP contribution in [0.15, 0.2) is 28.7 Å². The Morgan fingerprint density at radius 1 is 1.25 bits per heavy atom. The van der Waals surface area contributed by atoms with Crippen LogP contribution in [0.2, 0.25) is 5.02 Å². The summed E-state index contributed by atoms with van der Waals surface area (Å²) in [7, 11) is 0. The molecular weight excluding hydrogens is 274 g/mol. The van der Waals surface area contributed by atoms with E-state index in [0.717, 1.165) is 36.9 Å². The fourth-order valence-electron chi connectivity index (χ4n) is 3.80. The highest BCUT2D eigenvalue weighted by atomic mass is 35.5. The SMILES string of the molecule is OC1(c2cc3cc(Cl)ccc3o2)CCN2CCCCC21. The van der Waals surface area contributed by atoms with E-state index in [1.807, 2.05) is 24.3 Å². The Morgan fingerprint density at radius 2 is 2.15 bits per heavy atom. The monoisotopic (exact) mass is 291 g/mol. The summed E-state index contributed by atoms with van der Waals surface area (Å²) in [6.45, 7) is 2.05. The lowest BCUT2D eigenvalue weighted by molar-refractivity contribution is -0.0293. The zero-order valence-corrected chi connectivity index (χ0v) is 12.1. The van der Waals surface area contributed by atoms with Crippen molar-refractivity contribution in [1.29, 1.82) is 0 Å². The van der Waals surface area contributed by atoms with Gasteiger partial charge in [0.15, 0.2) is 0 Å². The molecule has 20 heavy (non-hydrogen) atoms. The Kier molecular flexibility index (Phi) is 2.85. The molecule has 1 N–H and O–H groups in total. The van der Waals surface area contributed by atoms with Crippen LogP contribution in [-0.2, 0) is 5.60 Å². The average molecular weight is 292 g/mol. The van der Waals surface area contributed by atoms with Crippen LogP contribution in [0.5, 0.6) is 0 Å². The van der Waals surface area contributed by atoms with Crippen LogP contribution in [0.25, 0.3) is 11.0 Å². The van der Waals surface area contributed by atoms with Gasteiger partial charge in [-0.3, -0.25) is 4.90 Å². The Hall–Kier alpha value is -1.03. The molecule has 4 rings (SSSR count). The van der Waals surface area contributed by atoms with Crippen LogP contribution >= 0.6 is 11.6 Å². The molecule has 1 aromatic carbocycles. The first-order chi connectivity index (χ1) is 9.67. The van der Waals surface area contributed by atoms with Gasteiger partial charge in [-0.05, 0) is 50.1 Å². The molecule has 2 unspecified atom stereocenters. The van der Waals surface area contributed by atoms with Gasteiger partial charge in [0.05, 0.1) is 0 Å². The van der Waals surface area contributed by atoms with Crippen molar-refractivity contribution in [1.82, 2.24) is 4.90 Å². The average Bonchev–Trinajstić information content (AvgIpc) is 3.02. The lowest BCUT2D eigenvalue weighted by Crippen LogP contribution is -2.44. The van der Waals surface area contributed by atoms with E-state index in [-0.39, 0.29) is 6.04 Å². The summed E-state index contributed by atoms with van der Waals surface area (Å²) < 4.78 is 5.92. The molecule has 106 valence electrons. The van der Waals surface area contributed by atoms with Crippen LogP contribution in [0.4, 0.5) is 0 Å². The van der Waals surface area contributed by atoms with Crippen molar-refractivity contribution in [3.63, 3.8) is 0 Å². The van der Waals surface area contributed by atoms with Gasteiger partial charge in [-0.25, -0.2) is 0 Å². The second kappa shape index (κ2) is 4.48. The van der Waals surface area contributed by atoms with Crippen LogP contribution in [0.1, 0.15) is 31.4 Å². The molecule has 2 aliphatic rings. The van der Waals surface area contributed by atoms with Gasteiger partial charge in [0, 0.05) is 23.0 Å². The highest BCUT2D eigenvalue weighted by Gasteiger charge is 2.49. The molecular formula is C16H18ClNO2. The molecule has 1 aromatic heterocycles. The molecule has 3 nitrogen and oxygen atoms in total. The van der Waals surface area contributed by atoms with Gasteiger partial charge in [0.25, 0.3) is 0 Å². The molecule has 2 aliphatic heterocycles. The second-order valence-electron chi connectivity index (χ2n) is 6.01. The minimum Gasteiger partial charge on any atom is -0.458 e. The van der Waals surface area contributed by atoms with Crippen LogP contribution in [0.3, 0.4) is 0 Å². The quantitative estimate of drug-likeness (QED) is 0.873. The maximum Gasteiger partial charge on any atom is 0.139 e. The van der Waals surface area contributed by atoms with Gasteiger partial charge in [-0.2, -0.15) is 0 Å². The fraction of sp³-hybridized carbons (Fsp3) is 0.500. The third-order valence-corrected chi connectivity index (χ3v) is 5.09. The van der Waals surface area contributed by atoms with E-state index in [1.54, 1.807) is 0 Å². The number of piperidine rings is 1. The molecule has 2 fully saturated rings. The van der Waals surface area contributed by atoms with E-state index in [0.29, 0.717) is 10.8 Å². The normalized spacial score (nSPS) is 30.8. The van der Waals surface area contributed by atoms with E-state index in [9.17, 15) is 5.11 Å². The topological polar surface area (TPSA) is 36.6 Å². The van der Waals surface area contributed by atoms with E-state index in [2.05, 4.69) is 4.90 Å². The van der Waals surface area contributed by atoms with E-state index in [1.165, 1.54) is 12.8 Å². The van der Waals surface area contributed by atoms with Gasteiger partial charge < -0.3 is 9.52 Å². The Labute approximate surface area is 123 Å². The molecule has 3 heterocycles. The van der Waals surface area contributed by atoms with E-state index >= 15 is 0 Å². The van der Waals surface area contributed by atoms with Crippen LogP contribution < -0.4 is 0 Å². The fourth-order valence-corrected chi connectivity index (χ4v) is 3.98. The first kappa shape index (κ1) is 12.7. The van der Waals surface area contributed by atoms with Crippen LogP contribution in [-0.4, -0.2) is 29.1 Å². The maximum atomic E-state index is 11.2. The van der Waals surface area contributed by atoms with Crippen molar-refractivity contribution in [2.75, 3.05) is 13.1 Å². The Morgan fingerprint density at radius 3 is 3.05 bits per heavy atom. The van der Waals surface area contributed by atoms with Gasteiger partial charge in [-0.1, -0.05) is 18.0 Å². The third-order valence-electron chi connectivity index (χ3n) is 4.85. The van der Waals surface area contributed by atoms with E-state index < -0.39 is 5.60 Å². The molecule has 2 atom stereocenters. The standard InChI is InChI=1S/C16H18ClNO2/c17-12-4-5-13-11(9-12)10-15(20-13)16(19)6-8-18-7-2-1-3-14(16)18/h4-5,9-10,14,19H,1-3,6-8H2. The first-order valence-corrected chi connectivity index (χ1v) is 7.71. The van der Waals surface area contributed by atoms with E-state index in [4.69, 9.17) is 16.0 Å². The maximum absolute atomic E-state index is 11.2. The molecule has 0 amide bonds. The highest BCUT2D eigenvalue weighted by Crippen LogP contribution is 2.43. The largest absolute Gasteiger partial charge is 0.458 e. The highest BCUT2D eigenvalue weighted by molar-refractivity contribution is 6.31. The van der Waals surface area contributed by atoms with Gasteiger partial charge in [-0.15, -0.1) is 0 Å². The third kappa shape index (κ3) is 1.80. The molecule has 0 radical (unpaired) electrons. The summed E-state index contributed by atoms with van der Waals surface area (Å²) in [6, 6.07) is 7.74. The van der Waals surface area contributed by atoms with Crippen molar-refractivity contribution >= 4 is 22.6 Å². The van der Waals surface area contributed by atoms with Gasteiger partial charge in [0.1, 0.15) is 16.9 Å². The van der Waals surface area contributed by atoms with Crippen molar-refractivity contribution < 1.29 is 9.52 Å². The van der Waals surface area contributed by atoms with Crippen molar-refractivity contribution in [2.45, 2.75) is 37.3 Å². The zero-order valence-electron chi connectivity index (χ0n) is 11.3. The lowest BCUT2D eigenvalue weighted by atomic mass is 9.86. The number of aliphatic hydroxyl groups is 1. The minimum atomic E-state index is -0.841. The van der Waals surface area contributed by atoms with Crippen molar-refractivity contribution in [3.8, 4) is 0 Å². The number of furan rings is 1. The summed E-state index contributed by atoms with van der Waals surface area (Å²) in [6.07, 6.45) is 4.23. The number of fused-ring (bicyclic) bond motifs is 2. The summed E-state index contributed by atoms with van der Waals surface area (Å²) in [5.41, 5.74) is -0.0431. The van der Waals surface area contributed by atoms with Gasteiger partial charge >= 0.3 is 0 Å². The number of benzene rings is 1. The number of nitrogens with zero attached hydrogens (tertiary/aromatic N) is 1. The summed E-state index contributed by atoms with van der Waals surface area (Å²) in [5.74, 6) is 0.698. The molecule has 0 bridgehead atoms. The number of rotatable bonds is 1. The molecule has 0 aliphatic carbocycles. The first-order valence-electron chi connectivity index (χ1n) is 7.33. The minimum absolute atomic E-state index is 0.201. The summed E-state index contributed by atoms with van der Waals surface area (Å²) >= 11 is 6.02. The molecule has 0 spiro atoms. The Bertz CT molecular complexity index is 653. The zero-order chi connectivity index (χ0) is 13.7. The molecule has 0 saturated carbocycles. The number of hydrogen-bond acceptors (Lipinski definition) is 3. The summed E-state index contributed by atoms with van der Waals surface area (Å²) in [4.78, 5) is 2.41. The second-order valence-corrected chi connectivity index (χ2v) is 6.45. The summed E-state index contributed by atoms with van der Waals surface area (Å²) in [5, 5.41) is 12.8. The lowest BCUT2D eigenvalue weighted by Gasteiger charge is -2.36. The predicted octanol–water partition coefficient (Wildman–Crippen LogP) is 3.53. The molecule has 2 saturated heterocycles. The Balaban J connectivity index is 1.77.